The van der Waals surface area contributed by atoms with Crippen LogP contribution in [0.2, 0.25) is 5.02 Å². The Morgan fingerprint density at radius 3 is 2.22 bits per heavy atom. The van der Waals surface area contributed by atoms with E-state index in [2.05, 4.69) is 12.2 Å². The van der Waals surface area contributed by atoms with Gasteiger partial charge in [0.1, 0.15) is 0 Å². The van der Waals surface area contributed by atoms with Gasteiger partial charge in [-0.2, -0.15) is 0 Å². The summed E-state index contributed by atoms with van der Waals surface area (Å²) < 4.78 is 25.8. The van der Waals surface area contributed by atoms with Crippen molar-refractivity contribution >= 4 is 33.2 Å². The summed E-state index contributed by atoms with van der Waals surface area (Å²) in [5.41, 5.74) is 1.83. The van der Waals surface area contributed by atoms with E-state index in [4.69, 9.17) is 11.6 Å². The normalized spacial score (nSPS) is 12.4. The number of carbonyl (C=O) groups is 1. The Morgan fingerprint density at radius 1 is 1.11 bits per heavy atom. The van der Waals surface area contributed by atoms with Crippen LogP contribution in [-0.2, 0) is 16.6 Å². The van der Waals surface area contributed by atoms with Gasteiger partial charge >= 0.3 is 0 Å². The minimum Gasteiger partial charge on any atom is -0.350 e. The molecular weight excluding hydrogens is 384 g/mol. The van der Waals surface area contributed by atoms with E-state index >= 15 is 0 Å². The van der Waals surface area contributed by atoms with Crippen molar-refractivity contribution in [1.82, 2.24) is 5.32 Å². The second kappa shape index (κ2) is 9.24. The van der Waals surface area contributed by atoms with Crippen LogP contribution < -0.4 is 9.62 Å². The van der Waals surface area contributed by atoms with E-state index in [9.17, 15) is 13.2 Å². The summed E-state index contributed by atoms with van der Waals surface area (Å²) in [6.45, 7) is 4.22. The average Bonchev–Trinajstić information content (AvgIpc) is 2.60. The third-order valence-corrected chi connectivity index (χ3v) is 5.55. The quantitative estimate of drug-likeness (QED) is 0.710. The number of amides is 1. The lowest BCUT2D eigenvalue weighted by Gasteiger charge is -2.23. The Bertz CT molecular complexity index is 865. The maximum atomic E-state index is 12.3. The molecule has 7 heteroatoms. The largest absolute Gasteiger partial charge is 0.350 e. The molecule has 0 aliphatic heterocycles. The Balaban J connectivity index is 2.19. The van der Waals surface area contributed by atoms with E-state index in [0.717, 1.165) is 24.7 Å². The van der Waals surface area contributed by atoms with Gasteiger partial charge in [0.05, 0.1) is 18.5 Å². The molecule has 0 fully saturated rings. The first-order valence-electron chi connectivity index (χ1n) is 8.83. The molecule has 0 spiro atoms. The summed E-state index contributed by atoms with van der Waals surface area (Å²) in [4.78, 5) is 12.3. The van der Waals surface area contributed by atoms with Crippen LogP contribution in [-0.4, -0.2) is 26.6 Å². The van der Waals surface area contributed by atoms with Crippen LogP contribution in [0.3, 0.4) is 0 Å². The molecule has 1 N–H and O–H groups in total. The second-order valence-electron chi connectivity index (χ2n) is 6.61. The minimum atomic E-state index is -3.49. The third-order valence-electron chi connectivity index (χ3n) is 4.16. The highest BCUT2D eigenvalue weighted by molar-refractivity contribution is 7.92. The number of nitrogens with zero attached hydrogens (tertiary/aromatic N) is 1. The topological polar surface area (TPSA) is 66.5 Å². The lowest BCUT2D eigenvalue weighted by molar-refractivity contribution is 0.0938. The van der Waals surface area contributed by atoms with Crippen molar-refractivity contribution in [2.24, 2.45) is 0 Å². The van der Waals surface area contributed by atoms with E-state index < -0.39 is 10.0 Å². The van der Waals surface area contributed by atoms with Crippen molar-refractivity contribution in [3.63, 3.8) is 0 Å². The van der Waals surface area contributed by atoms with Crippen LogP contribution in [0.15, 0.2) is 48.5 Å². The van der Waals surface area contributed by atoms with E-state index in [-0.39, 0.29) is 18.5 Å². The van der Waals surface area contributed by atoms with Crippen LogP contribution in [0.4, 0.5) is 5.69 Å². The number of carbonyl (C=O) groups excluding carboxylic acids is 1. The molecule has 2 rings (SSSR count). The highest BCUT2D eigenvalue weighted by Gasteiger charge is 2.18. The fourth-order valence-electron chi connectivity index (χ4n) is 2.75. The van der Waals surface area contributed by atoms with Crippen LogP contribution >= 0.6 is 11.6 Å². The Kier molecular flexibility index (Phi) is 7.27. The summed E-state index contributed by atoms with van der Waals surface area (Å²) in [6, 6.07) is 13.7. The third kappa shape index (κ3) is 6.26. The van der Waals surface area contributed by atoms with E-state index in [1.165, 1.54) is 4.31 Å². The van der Waals surface area contributed by atoms with Crippen LogP contribution in [0.1, 0.15) is 42.6 Å². The maximum absolute atomic E-state index is 12.3. The zero-order chi connectivity index (χ0) is 20.0. The first-order chi connectivity index (χ1) is 12.7. The number of sulfonamides is 1. The number of halogens is 1. The molecular formula is C20H25ClN2O3S. The van der Waals surface area contributed by atoms with Crippen molar-refractivity contribution < 1.29 is 13.2 Å². The fraction of sp³-hybridized carbons (Fsp3) is 0.350. The minimum absolute atomic E-state index is 0.0969. The summed E-state index contributed by atoms with van der Waals surface area (Å²) >= 11 is 5.89. The summed E-state index contributed by atoms with van der Waals surface area (Å²) in [6.07, 6.45) is 3.07. The highest BCUT2D eigenvalue weighted by atomic mass is 35.5. The van der Waals surface area contributed by atoms with Crippen molar-refractivity contribution in [3.05, 3.63) is 64.7 Å². The predicted octanol–water partition coefficient (Wildman–Crippen LogP) is 4.22. The van der Waals surface area contributed by atoms with E-state index in [1.54, 1.807) is 48.5 Å². The standard InChI is InChI=1S/C20H25ClN2O3S/c1-4-5-15(2)22-20(24)17-8-12-19(13-9-17)23(27(3,25)26)14-16-6-10-18(21)11-7-16/h6-13,15H,4-5,14H2,1-3H3,(H,22,24). The second-order valence-corrected chi connectivity index (χ2v) is 8.95. The summed E-state index contributed by atoms with van der Waals surface area (Å²) in [5, 5.41) is 3.53. The Morgan fingerprint density at radius 2 is 1.70 bits per heavy atom. The lowest BCUT2D eigenvalue weighted by atomic mass is 10.1. The molecule has 0 aliphatic carbocycles. The number of nitrogens with one attached hydrogen (secondary N) is 1. The van der Waals surface area contributed by atoms with Crippen molar-refractivity contribution in [1.29, 1.82) is 0 Å². The number of benzene rings is 2. The molecule has 1 amide bonds. The predicted molar refractivity (Wildman–Crippen MR) is 111 cm³/mol. The molecule has 2 aromatic rings. The Labute approximate surface area is 166 Å². The number of hydrogen-bond donors (Lipinski definition) is 1. The van der Waals surface area contributed by atoms with Crippen molar-refractivity contribution in [2.75, 3.05) is 10.6 Å². The summed E-state index contributed by atoms with van der Waals surface area (Å²) in [7, 11) is -3.49. The molecule has 0 saturated carbocycles. The molecule has 0 bridgehead atoms. The van der Waals surface area contributed by atoms with Crippen LogP contribution in [0.5, 0.6) is 0 Å². The van der Waals surface area contributed by atoms with Gasteiger partial charge in [-0.3, -0.25) is 9.10 Å². The van der Waals surface area contributed by atoms with Gasteiger partial charge < -0.3 is 5.32 Å². The highest BCUT2D eigenvalue weighted by Crippen LogP contribution is 2.22. The van der Waals surface area contributed by atoms with Gasteiger partial charge in [0, 0.05) is 16.6 Å². The zero-order valence-electron chi connectivity index (χ0n) is 15.8. The van der Waals surface area contributed by atoms with Gasteiger partial charge in [-0.25, -0.2) is 8.42 Å². The zero-order valence-corrected chi connectivity index (χ0v) is 17.3. The van der Waals surface area contributed by atoms with Gasteiger partial charge in [-0.15, -0.1) is 0 Å². The Hall–Kier alpha value is -2.05. The molecule has 27 heavy (non-hydrogen) atoms. The molecule has 2 aromatic carbocycles. The average molecular weight is 409 g/mol. The van der Waals surface area contributed by atoms with Crippen LogP contribution in [0, 0.1) is 0 Å². The SMILES string of the molecule is CCCC(C)NC(=O)c1ccc(N(Cc2ccc(Cl)cc2)S(C)(=O)=O)cc1. The first-order valence-corrected chi connectivity index (χ1v) is 11.1. The van der Waals surface area contributed by atoms with E-state index in [1.807, 2.05) is 6.92 Å². The monoisotopic (exact) mass is 408 g/mol. The smallest absolute Gasteiger partial charge is 0.251 e. The summed E-state index contributed by atoms with van der Waals surface area (Å²) in [5.74, 6) is -0.161. The number of anilines is 1. The molecule has 1 atom stereocenters. The molecule has 0 aliphatic rings. The molecule has 0 saturated heterocycles. The maximum Gasteiger partial charge on any atom is 0.251 e. The fourth-order valence-corrected chi connectivity index (χ4v) is 3.76. The van der Waals surface area contributed by atoms with Gasteiger partial charge in [-0.05, 0) is 55.3 Å². The number of rotatable bonds is 8. The van der Waals surface area contributed by atoms with Gasteiger partial charge in [0.15, 0.2) is 0 Å². The van der Waals surface area contributed by atoms with Gasteiger partial charge in [0.2, 0.25) is 10.0 Å². The molecule has 0 aromatic heterocycles. The van der Waals surface area contributed by atoms with Crippen molar-refractivity contribution in [2.45, 2.75) is 39.3 Å². The number of hydrogen-bond acceptors (Lipinski definition) is 3. The van der Waals surface area contributed by atoms with Gasteiger partial charge in [0.25, 0.3) is 5.91 Å². The molecule has 146 valence electrons. The van der Waals surface area contributed by atoms with E-state index in [0.29, 0.717) is 16.3 Å². The lowest BCUT2D eigenvalue weighted by Crippen LogP contribution is -2.32. The molecule has 5 nitrogen and oxygen atoms in total. The first kappa shape index (κ1) is 21.3. The molecule has 1 unspecified atom stereocenters. The van der Waals surface area contributed by atoms with Gasteiger partial charge in [-0.1, -0.05) is 37.1 Å². The van der Waals surface area contributed by atoms with Crippen molar-refractivity contribution in [3.8, 4) is 0 Å². The van der Waals surface area contributed by atoms with Crippen LogP contribution in [0.25, 0.3) is 0 Å². The molecule has 0 heterocycles. The molecule has 0 radical (unpaired) electrons.